The molecule has 3 nitrogen and oxygen atoms in total. The van der Waals surface area contributed by atoms with Crippen LogP contribution in [0.15, 0.2) is 53.7 Å². The van der Waals surface area contributed by atoms with Gasteiger partial charge in [-0.1, -0.05) is 43.0 Å². The molecule has 0 N–H and O–H groups in total. The lowest BCUT2D eigenvalue weighted by molar-refractivity contribution is 0.453. The molecular formula is C21H21FN2OS. The Morgan fingerprint density at radius 3 is 2.42 bits per heavy atom. The van der Waals surface area contributed by atoms with Crippen LogP contribution in [0.25, 0.3) is 0 Å². The van der Waals surface area contributed by atoms with Gasteiger partial charge in [-0.3, -0.25) is 0 Å². The van der Waals surface area contributed by atoms with Gasteiger partial charge < -0.3 is 4.74 Å². The maximum Gasteiger partial charge on any atom is 0.223 e. The van der Waals surface area contributed by atoms with Crippen LogP contribution in [0.3, 0.4) is 0 Å². The molecular weight excluding hydrogens is 347 g/mol. The number of aromatic nitrogens is 2. The van der Waals surface area contributed by atoms with Crippen molar-refractivity contribution in [2.75, 3.05) is 0 Å². The van der Waals surface area contributed by atoms with E-state index in [4.69, 9.17) is 4.74 Å². The molecule has 0 spiro atoms. The Balaban J connectivity index is 1.81. The summed E-state index contributed by atoms with van der Waals surface area (Å²) in [6.07, 6.45) is 0.777. The normalized spacial score (nSPS) is 10.8. The van der Waals surface area contributed by atoms with E-state index in [0.29, 0.717) is 22.4 Å². The summed E-state index contributed by atoms with van der Waals surface area (Å²) in [5.74, 6) is 1.53. The lowest BCUT2D eigenvalue weighted by Gasteiger charge is -2.10. The molecule has 1 heterocycles. The number of ether oxygens (including phenoxy) is 1. The average molecular weight is 368 g/mol. The lowest BCUT2D eigenvalue weighted by atomic mass is 10.1. The third-order valence-corrected chi connectivity index (χ3v) is 4.73. The second-order valence-corrected chi connectivity index (χ2v) is 7.08. The zero-order chi connectivity index (χ0) is 18.5. The smallest absolute Gasteiger partial charge is 0.223 e. The Bertz CT molecular complexity index is 894. The highest BCUT2D eigenvalue weighted by molar-refractivity contribution is 7.98. The van der Waals surface area contributed by atoms with Gasteiger partial charge in [0.05, 0.1) is 0 Å². The highest BCUT2D eigenvalue weighted by Gasteiger charge is 2.09. The van der Waals surface area contributed by atoms with E-state index in [0.717, 1.165) is 29.0 Å². The fourth-order valence-electron chi connectivity index (χ4n) is 2.62. The average Bonchev–Trinajstić information content (AvgIpc) is 2.60. The predicted molar refractivity (Wildman–Crippen MR) is 103 cm³/mol. The van der Waals surface area contributed by atoms with Gasteiger partial charge in [0.25, 0.3) is 0 Å². The molecule has 2 aromatic carbocycles. The molecule has 3 aromatic rings. The van der Waals surface area contributed by atoms with Gasteiger partial charge in [-0.25, -0.2) is 9.37 Å². The third kappa shape index (κ3) is 4.82. The van der Waals surface area contributed by atoms with E-state index in [-0.39, 0.29) is 5.82 Å². The molecule has 0 radical (unpaired) electrons. The van der Waals surface area contributed by atoms with Gasteiger partial charge in [-0.15, -0.1) is 0 Å². The molecule has 0 bridgehead atoms. The minimum Gasteiger partial charge on any atom is -0.439 e. The van der Waals surface area contributed by atoms with Gasteiger partial charge in [0.1, 0.15) is 11.6 Å². The predicted octanol–water partition coefficient (Wildman–Crippen LogP) is 5.88. The summed E-state index contributed by atoms with van der Waals surface area (Å²) >= 11 is 1.41. The van der Waals surface area contributed by atoms with Gasteiger partial charge in [0, 0.05) is 17.5 Å². The van der Waals surface area contributed by atoms with Gasteiger partial charge >= 0.3 is 0 Å². The standard InChI is InChI=1S/C21H21FN2OS/c1-4-17-12-20(25-18-10-14(2)9-15(3)11-18)24-21(23-17)26-13-16-7-5-6-8-19(16)22/h5-12H,4,13H2,1-3H3. The van der Waals surface area contributed by atoms with Crippen molar-refractivity contribution in [3.8, 4) is 11.6 Å². The summed E-state index contributed by atoms with van der Waals surface area (Å²) < 4.78 is 19.8. The van der Waals surface area contributed by atoms with Crippen molar-refractivity contribution in [1.29, 1.82) is 0 Å². The van der Waals surface area contributed by atoms with E-state index in [9.17, 15) is 4.39 Å². The number of hydrogen-bond acceptors (Lipinski definition) is 4. The zero-order valence-electron chi connectivity index (χ0n) is 15.1. The Kier molecular flexibility index (Phi) is 5.89. The highest BCUT2D eigenvalue weighted by atomic mass is 32.2. The fourth-order valence-corrected chi connectivity index (χ4v) is 3.47. The number of rotatable bonds is 6. The molecule has 134 valence electrons. The second-order valence-electron chi connectivity index (χ2n) is 6.14. The topological polar surface area (TPSA) is 35.0 Å². The Hall–Kier alpha value is -2.40. The molecule has 26 heavy (non-hydrogen) atoms. The van der Waals surface area contributed by atoms with E-state index in [1.165, 1.54) is 17.8 Å². The summed E-state index contributed by atoms with van der Waals surface area (Å²) in [6, 6.07) is 14.7. The molecule has 0 unspecified atom stereocenters. The molecule has 5 heteroatoms. The van der Waals surface area contributed by atoms with Crippen molar-refractivity contribution in [3.05, 3.63) is 76.7 Å². The van der Waals surface area contributed by atoms with E-state index in [1.807, 2.05) is 45.0 Å². The van der Waals surface area contributed by atoms with Crippen molar-refractivity contribution in [2.45, 2.75) is 38.1 Å². The summed E-state index contributed by atoms with van der Waals surface area (Å²) in [7, 11) is 0. The van der Waals surface area contributed by atoms with Crippen molar-refractivity contribution < 1.29 is 9.13 Å². The fraction of sp³-hybridized carbons (Fsp3) is 0.238. The summed E-state index contributed by atoms with van der Waals surface area (Å²) in [6.45, 7) is 6.11. The first-order valence-electron chi connectivity index (χ1n) is 8.54. The zero-order valence-corrected chi connectivity index (χ0v) is 15.9. The van der Waals surface area contributed by atoms with Crippen molar-refractivity contribution in [3.63, 3.8) is 0 Å². The number of nitrogens with zero attached hydrogens (tertiary/aromatic N) is 2. The summed E-state index contributed by atoms with van der Waals surface area (Å²) in [4.78, 5) is 9.01. The van der Waals surface area contributed by atoms with Crippen LogP contribution in [0.4, 0.5) is 4.39 Å². The first-order valence-corrected chi connectivity index (χ1v) is 9.52. The molecule has 0 aliphatic carbocycles. The van der Waals surface area contributed by atoms with Crippen molar-refractivity contribution in [2.24, 2.45) is 0 Å². The van der Waals surface area contributed by atoms with E-state index >= 15 is 0 Å². The Morgan fingerprint density at radius 1 is 1.00 bits per heavy atom. The van der Waals surface area contributed by atoms with Gasteiger partial charge in [0.15, 0.2) is 5.16 Å². The highest BCUT2D eigenvalue weighted by Crippen LogP contribution is 2.27. The molecule has 1 aromatic heterocycles. The van der Waals surface area contributed by atoms with Gasteiger partial charge in [-0.2, -0.15) is 4.98 Å². The largest absolute Gasteiger partial charge is 0.439 e. The van der Waals surface area contributed by atoms with Gasteiger partial charge in [0.2, 0.25) is 5.88 Å². The number of hydrogen-bond donors (Lipinski definition) is 0. The summed E-state index contributed by atoms with van der Waals surface area (Å²) in [5.41, 5.74) is 3.81. The maximum absolute atomic E-state index is 13.8. The van der Waals surface area contributed by atoms with E-state index in [2.05, 4.69) is 16.0 Å². The molecule has 0 amide bonds. The van der Waals surface area contributed by atoms with Crippen LogP contribution in [0.2, 0.25) is 0 Å². The van der Waals surface area contributed by atoms with Crippen LogP contribution < -0.4 is 4.74 Å². The molecule has 0 saturated carbocycles. The Labute approximate surface area is 157 Å². The molecule has 0 aliphatic rings. The lowest BCUT2D eigenvalue weighted by Crippen LogP contribution is -1.98. The van der Waals surface area contributed by atoms with Crippen LogP contribution in [-0.2, 0) is 12.2 Å². The van der Waals surface area contributed by atoms with E-state index in [1.54, 1.807) is 12.1 Å². The van der Waals surface area contributed by atoms with Crippen LogP contribution in [0.5, 0.6) is 11.6 Å². The minimum absolute atomic E-state index is 0.210. The number of aryl methyl sites for hydroxylation is 3. The molecule has 3 rings (SSSR count). The SMILES string of the molecule is CCc1cc(Oc2cc(C)cc(C)c2)nc(SCc2ccccc2F)n1. The van der Waals surface area contributed by atoms with Crippen LogP contribution >= 0.6 is 11.8 Å². The quantitative estimate of drug-likeness (QED) is 0.402. The molecule has 0 atom stereocenters. The molecule has 0 saturated heterocycles. The molecule has 0 fully saturated rings. The second kappa shape index (κ2) is 8.32. The monoisotopic (exact) mass is 368 g/mol. The van der Waals surface area contributed by atoms with Crippen LogP contribution in [0.1, 0.15) is 29.3 Å². The van der Waals surface area contributed by atoms with Crippen LogP contribution in [0, 0.1) is 19.7 Å². The van der Waals surface area contributed by atoms with Crippen molar-refractivity contribution >= 4 is 11.8 Å². The number of benzene rings is 2. The molecule has 0 aliphatic heterocycles. The first kappa shape index (κ1) is 18.4. The maximum atomic E-state index is 13.8. The minimum atomic E-state index is -0.210. The summed E-state index contributed by atoms with van der Waals surface area (Å²) in [5, 5.41) is 0.590. The first-order chi connectivity index (χ1) is 12.5. The third-order valence-electron chi connectivity index (χ3n) is 3.83. The van der Waals surface area contributed by atoms with Crippen LogP contribution in [-0.4, -0.2) is 9.97 Å². The van der Waals surface area contributed by atoms with Crippen molar-refractivity contribution in [1.82, 2.24) is 9.97 Å². The van der Waals surface area contributed by atoms with Gasteiger partial charge in [-0.05, 0) is 55.2 Å². The number of halogens is 1. The number of thioether (sulfide) groups is 1. The van der Waals surface area contributed by atoms with E-state index < -0.39 is 0 Å². The Morgan fingerprint density at radius 2 is 1.73 bits per heavy atom.